The molecule has 10 heteroatoms. The van der Waals surface area contributed by atoms with Gasteiger partial charge < -0.3 is 10.0 Å². The average Bonchev–Trinajstić information content (AvgIpc) is 2.78. The maximum absolute atomic E-state index is 12.4. The van der Waals surface area contributed by atoms with Gasteiger partial charge in [-0.1, -0.05) is 11.3 Å². The summed E-state index contributed by atoms with van der Waals surface area (Å²) >= 11 is 0.505. The van der Waals surface area contributed by atoms with E-state index >= 15 is 0 Å². The summed E-state index contributed by atoms with van der Waals surface area (Å²) in [6, 6.07) is 0. The van der Waals surface area contributed by atoms with Crippen molar-refractivity contribution in [3.63, 3.8) is 0 Å². The van der Waals surface area contributed by atoms with Gasteiger partial charge in [-0.3, -0.25) is 9.69 Å². The number of rotatable bonds is 3. The first-order chi connectivity index (χ1) is 8.86. The van der Waals surface area contributed by atoms with Gasteiger partial charge in [0, 0.05) is 26.2 Å². The molecule has 2 rings (SSSR count). The van der Waals surface area contributed by atoms with E-state index in [0.29, 0.717) is 37.5 Å². The number of hydrogen-bond acceptors (Lipinski definition) is 6. The average molecular weight is 296 g/mol. The number of piperazine rings is 1. The van der Waals surface area contributed by atoms with Gasteiger partial charge >= 0.3 is 12.1 Å². The molecule has 1 fully saturated rings. The second-order valence-corrected chi connectivity index (χ2v) is 5.00. The van der Waals surface area contributed by atoms with E-state index in [1.54, 1.807) is 9.80 Å². The Labute approximate surface area is 110 Å². The second kappa shape index (κ2) is 5.29. The summed E-state index contributed by atoms with van der Waals surface area (Å²) in [7, 11) is 0. The summed E-state index contributed by atoms with van der Waals surface area (Å²) < 4.78 is 37.2. The molecule has 0 atom stereocenters. The lowest BCUT2D eigenvalue weighted by molar-refractivity contribution is -0.139. The summed E-state index contributed by atoms with van der Waals surface area (Å²) in [5.41, 5.74) is 0. The normalized spacial score (nSPS) is 17.7. The Morgan fingerprint density at radius 3 is 2.37 bits per heavy atom. The first-order valence-corrected chi connectivity index (χ1v) is 6.27. The fourth-order valence-corrected chi connectivity index (χ4v) is 2.51. The Kier molecular flexibility index (Phi) is 3.90. The van der Waals surface area contributed by atoms with Crippen LogP contribution in [0.3, 0.4) is 0 Å². The zero-order valence-electron chi connectivity index (χ0n) is 9.72. The quantitative estimate of drug-likeness (QED) is 0.888. The van der Waals surface area contributed by atoms with Crippen LogP contribution in [-0.2, 0) is 11.0 Å². The molecule has 0 saturated carbocycles. The second-order valence-electron chi connectivity index (χ2n) is 4.04. The highest BCUT2D eigenvalue weighted by molar-refractivity contribution is 7.15. The van der Waals surface area contributed by atoms with Crippen LogP contribution in [-0.4, -0.2) is 58.9 Å². The van der Waals surface area contributed by atoms with Crippen molar-refractivity contribution in [3.8, 4) is 0 Å². The van der Waals surface area contributed by atoms with Gasteiger partial charge in [0.15, 0.2) is 0 Å². The Hall–Kier alpha value is -1.42. The molecule has 0 amide bonds. The number of carboxylic acid groups (broad SMARTS) is 1. The van der Waals surface area contributed by atoms with Crippen molar-refractivity contribution in [3.05, 3.63) is 5.01 Å². The van der Waals surface area contributed by atoms with E-state index in [0.717, 1.165) is 0 Å². The minimum Gasteiger partial charge on any atom is -0.480 e. The lowest BCUT2D eigenvalue weighted by Crippen LogP contribution is -2.47. The molecule has 0 bridgehead atoms. The fraction of sp³-hybridized carbons (Fsp3) is 0.667. The number of alkyl halides is 3. The zero-order chi connectivity index (χ0) is 14.0. The molecule has 1 N–H and O–H groups in total. The monoisotopic (exact) mass is 296 g/mol. The van der Waals surface area contributed by atoms with Crippen molar-refractivity contribution in [2.75, 3.05) is 37.6 Å². The minimum atomic E-state index is -4.47. The van der Waals surface area contributed by atoms with E-state index < -0.39 is 17.2 Å². The largest absolute Gasteiger partial charge is 0.480 e. The van der Waals surface area contributed by atoms with Gasteiger partial charge in [0.2, 0.25) is 10.1 Å². The van der Waals surface area contributed by atoms with E-state index in [4.69, 9.17) is 5.11 Å². The lowest BCUT2D eigenvalue weighted by Gasteiger charge is -2.33. The number of hydrogen-bond donors (Lipinski definition) is 1. The van der Waals surface area contributed by atoms with E-state index in [1.807, 2.05) is 0 Å². The van der Waals surface area contributed by atoms with Gasteiger partial charge in [-0.25, -0.2) is 0 Å². The van der Waals surface area contributed by atoms with E-state index in [9.17, 15) is 18.0 Å². The Morgan fingerprint density at radius 1 is 1.26 bits per heavy atom. The van der Waals surface area contributed by atoms with Gasteiger partial charge in [-0.2, -0.15) is 13.2 Å². The summed E-state index contributed by atoms with van der Waals surface area (Å²) in [5.74, 6) is -0.913. The minimum absolute atomic E-state index is 0.0578. The highest BCUT2D eigenvalue weighted by Crippen LogP contribution is 2.34. The molecule has 0 aliphatic carbocycles. The van der Waals surface area contributed by atoms with E-state index in [-0.39, 0.29) is 11.7 Å². The number of carboxylic acids is 1. The maximum Gasteiger partial charge on any atom is 0.445 e. The number of aliphatic carboxylic acids is 1. The van der Waals surface area contributed by atoms with Gasteiger partial charge in [-0.15, -0.1) is 10.2 Å². The highest BCUT2D eigenvalue weighted by atomic mass is 32.1. The van der Waals surface area contributed by atoms with Crippen molar-refractivity contribution >= 4 is 22.4 Å². The number of nitrogens with zero attached hydrogens (tertiary/aromatic N) is 4. The summed E-state index contributed by atoms with van der Waals surface area (Å²) in [5, 5.41) is 14.6. The SMILES string of the molecule is O=C(O)CN1CCN(c2nnc(C(F)(F)F)s2)CC1. The third kappa shape index (κ3) is 3.53. The molecule has 6 nitrogen and oxygen atoms in total. The third-order valence-corrected chi connectivity index (χ3v) is 3.69. The van der Waals surface area contributed by atoms with Gasteiger partial charge in [0.25, 0.3) is 0 Å². The van der Waals surface area contributed by atoms with Crippen LogP contribution < -0.4 is 4.90 Å². The smallest absolute Gasteiger partial charge is 0.445 e. The van der Waals surface area contributed by atoms with Crippen molar-refractivity contribution in [1.82, 2.24) is 15.1 Å². The Morgan fingerprint density at radius 2 is 1.89 bits per heavy atom. The number of carbonyl (C=O) groups is 1. The molecule has 0 radical (unpaired) electrons. The van der Waals surface area contributed by atoms with Crippen molar-refractivity contribution < 1.29 is 23.1 Å². The van der Waals surface area contributed by atoms with Gasteiger partial charge in [0.05, 0.1) is 6.54 Å². The predicted molar refractivity (Wildman–Crippen MR) is 61.2 cm³/mol. The molecular formula is C9H11F3N4O2S. The van der Waals surface area contributed by atoms with E-state index in [2.05, 4.69) is 10.2 Å². The number of aromatic nitrogens is 2. The number of anilines is 1. The molecule has 0 aromatic carbocycles. The van der Waals surface area contributed by atoms with Crippen molar-refractivity contribution in [2.45, 2.75) is 6.18 Å². The van der Waals surface area contributed by atoms with Crippen molar-refractivity contribution in [1.29, 1.82) is 0 Å². The number of halogens is 3. The molecule has 1 saturated heterocycles. The standard InChI is InChI=1S/C9H11F3N4O2S/c10-9(11,12)7-13-14-8(19-7)16-3-1-15(2-4-16)5-6(17)18/h1-5H2,(H,17,18). The zero-order valence-corrected chi connectivity index (χ0v) is 10.5. The topological polar surface area (TPSA) is 69.6 Å². The van der Waals surface area contributed by atoms with Gasteiger partial charge in [0.1, 0.15) is 0 Å². The maximum atomic E-state index is 12.4. The molecule has 1 aromatic rings. The van der Waals surface area contributed by atoms with Crippen LogP contribution in [0.25, 0.3) is 0 Å². The fourth-order valence-electron chi connectivity index (χ4n) is 1.75. The van der Waals surface area contributed by atoms with Crippen LogP contribution in [0.15, 0.2) is 0 Å². The van der Waals surface area contributed by atoms with Crippen molar-refractivity contribution in [2.24, 2.45) is 0 Å². The highest BCUT2D eigenvalue weighted by Gasteiger charge is 2.36. The summed E-state index contributed by atoms with van der Waals surface area (Å²) in [4.78, 5) is 13.9. The Balaban J connectivity index is 1.94. The van der Waals surface area contributed by atoms with Gasteiger partial charge in [-0.05, 0) is 0 Å². The molecule has 1 aromatic heterocycles. The summed E-state index contributed by atoms with van der Waals surface area (Å²) in [6.45, 7) is 1.79. The molecule has 0 unspecified atom stereocenters. The van der Waals surface area contributed by atoms with Crippen LogP contribution in [0.4, 0.5) is 18.3 Å². The van der Waals surface area contributed by atoms with Crippen LogP contribution in [0.5, 0.6) is 0 Å². The first kappa shape index (κ1) is 14.0. The third-order valence-electron chi connectivity index (χ3n) is 2.66. The molecule has 2 heterocycles. The first-order valence-electron chi connectivity index (χ1n) is 5.46. The lowest BCUT2D eigenvalue weighted by atomic mass is 10.3. The predicted octanol–water partition coefficient (Wildman–Crippen LogP) is 0.763. The summed E-state index contributed by atoms with van der Waals surface area (Å²) in [6.07, 6.45) is -4.47. The molecule has 0 spiro atoms. The molecule has 1 aliphatic heterocycles. The molecule has 19 heavy (non-hydrogen) atoms. The van der Waals surface area contributed by atoms with Crippen LogP contribution in [0, 0.1) is 0 Å². The molecule has 1 aliphatic rings. The van der Waals surface area contributed by atoms with Crippen LogP contribution in [0.2, 0.25) is 0 Å². The molecular weight excluding hydrogens is 285 g/mol. The van der Waals surface area contributed by atoms with Crippen LogP contribution >= 0.6 is 11.3 Å². The van der Waals surface area contributed by atoms with E-state index in [1.165, 1.54) is 0 Å². The molecule has 106 valence electrons. The Bertz CT molecular complexity index is 457. The van der Waals surface area contributed by atoms with Crippen LogP contribution in [0.1, 0.15) is 5.01 Å².